The van der Waals surface area contributed by atoms with Crippen molar-refractivity contribution in [3.05, 3.63) is 48.0 Å². The Morgan fingerprint density at radius 2 is 1.94 bits per heavy atom. The highest BCUT2D eigenvalue weighted by Gasteiger charge is 2.45. The lowest BCUT2D eigenvalue weighted by molar-refractivity contribution is -0.764. The lowest BCUT2D eigenvalue weighted by Crippen LogP contribution is -2.58. The number of hydrogen-bond acceptors (Lipinski definition) is 7. The second-order valence-electron chi connectivity index (χ2n) is 7.80. The average Bonchev–Trinajstić information content (AvgIpc) is 2.83. The Bertz CT molecular complexity index is 1220. The molecule has 178 valence electrons. The number of ether oxygens (including phenoxy) is 1. The molecule has 0 radical (unpaired) electrons. The van der Waals surface area contributed by atoms with Gasteiger partial charge in [-0.1, -0.05) is 35.5 Å². The zero-order chi connectivity index (χ0) is 24.4. The molecule has 1 aliphatic heterocycles. The van der Waals surface area contributed by atoms with Gasteiger partial charge in [0.25, 0.3) is 17.0 Å². The van der Waals surface area contributed by atoms with Crippen molar-refractivity contribution in [1.82, 2.24) is 10.1 Å². The first kappa shape index (κ1) is 23.8. The molecule has 2 heterocycles. The molecule has 1 atom stereocenters. The van der Waals surface area contributed by atoms with Gasteiger partial charge in [0.05, 0.1) is 29.8 Å². The van der Waals surface area contributed by atoms with Crippen molar-refractivity contribution in [2.75, 3.05) is 35.8 Å². The van der Waals surface area contributed by atoms with Gasteiger partial charge in [-0.15, -0.1) is 0 Å². The van der Waals surface area contributed by atoms with Crippen molar-refractivity contribution in [3.63, 3.8) is 0 Å². The zero-order valence-electron chi connectivity index (χ0n) is 20.1. The van der Waals surface area contributed by atoms with Gasteiger partial charge in [0, 0.05) is 36.9 Å². The summed E-state index contributed by atoms with van der Waals surface area (Å²) in [5, 5.41) is 18.3. The Kier molecular flexibility index (Phi) is 6.92. The number of fused-ring (bicyclic) bond motifs is 3. The van der Waals surface area contributed by atoms with Crippen LogP contribution in [0.15, 0.2) is 47.6 Å². The Hall–Kier alpha value is -3.33. The molecule has 0 N–H and O–H groups in total. The molecule has 1 aromatic heterocycles. The fourth-order valence-corrected chi connectivity index (χ4v) is 5.00. The van der Waals surface area contributed by atoms with Gasteiger partial charge in [0.15, 0.2) is 0 Å². The second kappa shape index (κ2) is 9.89. The van der Waals surface area contributed by atoms with Crippen molar-refractivity contribution in [2.24, 2.45) is 0 Å². The third kappa shape index (κ3) is 4.04. The minimum Gasteiger partial charge on any atom is -0.854 e. The molecule has 0 saturated heterocycles. The molecule has 2 aromatic carbocycles. The normalized spacial score (nSPS) is 14.4. The highest BCUT2D eigenvalue weighted by molar-refractivity contribution is 7.99. The molecule has 0 bridgehead atoms. The topological polar surface area (TPSA) is 85.5 Å². The van der Waals surface area contributed by atoms with Gasteiger partial charge in [-0.05, 0) is 43.9 Å². The number of carbonyl (C=O) groups excluding carboxylic acids is 1. The standard InChI is InChI=1S/C25H29N5O3S/c1-6-28(7-2)17-13-14-19(21(15-17)33-5)24-29(16(4)31)20-12-10-9-11-18(20)22-23(32)26-25(34-8-3)27-30(22)24/h9-15,24H,6-8H2,1-5H3. The van der Waals surface area contributed by atoms with E-state index in [2.05, 4.69) is 23.7 Å². The molecule has 3 aromatic rings. The molecule has 1 unspecified atom stereocenters. The van der Waals surface area contributed by atoms with Crippen LogP contribution < -0.4 is 24.3 Å². The number of para-hydroxylation sites is 1. The maximum atomic E-state index is 13.2. The van der Waals surface area contributed by atoms with E-state index in [9.17, 15) is 9.90 Å². The monoisotopic (exact) mass is 479 g/mol. The van der Waals surface area contributed by atoms with Crippen LogP contribution in [0, 0.1) is 0 Å². The van der Waals surface area contributed by atoms with Gasteiger partial charge in [-0.3, -0.25) is 4.79 Å². The van der Waals surface area contributed by atoms with Gasteiger partial charge in [-0.2, -0.15) is 0 Å². The zero-order valence-corrected chi connectivity index (χ0v) is 20.9. The predicted octanol–water partition coefficient (Wildman–Crippen LogP) is 3.38. The van der Waals surface area contributed by atoms with E-state index in [0.29, 0.717) is 27.9 Å². The molecule has 8 nitrogen and oxygen atoms in total. The summed E-state index contributed by atoms with van der Waals surface area (Å²) in [4.78, 5) is 21.2. The summed E-state index contributed by atoms with van der Waals surface area (Å²) in [6.07, 6.45) is -0.699. The van der Waals surface area contributed by atoms with Crippen molar-refractivity contribution in [1.29, 1.82) is 0 Å². The molecule has 0 spiro atoms. The number of benzene rings is 2. The predicted molar refractivity (Wildman–Crippen MR) is 131 cm³/mol. The first-order valence-electron chi connectivity index (χ1n) is 11.4. The minimum atomic E-state index is -0.699. The Morgan fingerprint density at radius 1 is 1.21 bits per heavy atom. The van der Waals surface area contributed by atoms with E-state index < -0.39 is 6.17 Å². The Morgan fingerprint density at radius 3 is 2.59 bits per heavy atom. The molecule has 34 heavy (non-hydrogen) atoms. The quantitative estimate of drug-likeness (QED) is 0.379. The molecule has 0 fully saturated rings. The highest BCUT2D eigenvalue weighted by atomic mass is 32.2. The van der Waals surface area contributed by atoms with Crippen LogP contribution in [-0.4, -0.2) is 41.9 Å². The van der Waals surface area contributed by atoms with E-state index in [4.69, 9.17) is 9.84 Å². The van der Waals surface area contributed by atoms with Gasteiger partial charge in [-0.25, -0.2) is 9.88 Å². The van der Waals surface area contributed by atoms with E-state index in [1.54, 1.807) is 16.7 Å². The van der Waals surface area contributed by atoms with Crippen LogP contribution in [0.1, 0.15) is 39.4 Å². The molecular weight excluding hydrogens is 450 g/mol. The highest BCUT2D eigenvalue weighted by Crippen LogP contribution is 2.43. The average molecular weight is 480 g/mol. The molecular formula is C25H29N5O3S. The number of anilines is 2. The van der Waals surface area contributed by atoms with Crippen molar-refractivity contribution >= 4 is 29.0 Å². The van der Waals surface area contributed by atoms with Crippen LogP contribution in [-0.2, 0) is 4.79 Å². The van der Waals surface area contributed by atoms with Crippen LogP contribution in [0.4, 0.5) is 11.4 Å². The van der Waals surface area contributed by atoms with Gasteiger partial charge < -0.3 is 14.7 Å². The summed E-state index contributed by atoms with van der Waals surface area (Å²) in [5.74, 6) is 0.805. The summed E-state index contributed by atoms with van der Waals surface area (Å²) >= 11 is 1.39. The largest absolute Gasteiger partial charge is 0.854 e. The van der Waals surface area contributed by atoms with E-state index >= 15 is 0 Å². The number of rotatable bonds is 7. The smallest absolute Gasteiger partial charge is 0.296 e. The SMILES string of the molecule is CCSc1nc([O-])c2[n+](n1)C(c1ccc(N(CC)CC)cc1OC)N(C(C)=O)c1ccccc1-2. The number of amides is 1. The first-order chi connectivity index (χ1) is 16.4. The van der Waals surface area contributed by atoms with Crippen molar-refractivity contribution < 1.29 is 19.3 Å². The third-order valence-corrected chi connectivity index (χ3v) is 6.67. The Labute approximate surface area is 204 Å². The Balaban J connectivity index is 2.01. The summed E-state index contributed by atoms with van der Waals surface area (Å²) in [6.45, 7) is 9.42. The molecule has 0 aliphatic carbocycles. The van der Waals surface area contributed by atoms with Crippen LogP contribution in [0.2, 0.25) is 0 Å². The third-order valence-electron chi connectivity index (χ3n) is 5.95. The molecule has 1 amide bonds. The second-order valence-corrected chi connectivity index (χ2v) is 9.04. The lowest BCUT2D eigenvalue weighted by atomic mass is 10.0. The molecule has 1 aliphatic rings. The van der Waals surface area contributed by atoms with E-state index in [1.807, 2.05) is 49.4 Å². The van der Waals surface area contributed by atoms with Gasteiger partial charge >= 0.3 is 0 Å². The fourth-order valence-electron chi connectivity index (χ4n) is 4.44. The number of aromatic nitrogens is 3. The molecule has 9 heteroatoms. The minimum absolute atomic E-state index is 0.166. The van der Waals surface area contributed by atoms with Crippen LogP contribution >= 0.6 is 11.8 Å². The molecule has 0 saturated carbocycles. The number of thioether (sulfide) groups is 1. The summed E-state index contributed by atoms with van der Waals surface area (Å²) < 4.78 is 7.44. The maximum absolute atomic E-state index is 13.2. The van der Waals surface area contributed by atoms with Crippen molar-refractivity contribution in [3.8, 4) is 22.9 Å². The van der Waals surface area contributed by atoms with Gasteiger partial charge in [0.2, 0.25) is 5.91 Å². The summed E-state index contributed by atoms with van der Waals surface area (Å²) in [7, 11) is 1.61. The lowest BCUT2D eigenvalue weighted by Gasteiger charge is -2.33. The van der Waals surface area contributed by atoms with Gasteiger partial charge in [0.1, 0.15) is 5.75 Å². The first-order valence-corrected chi connectivity index (χ1v) is 12.4. The van der Waals surface area contributed by atoms with Crippen LogP contribution in [0.5, 0.6) is 11.6 Å². The van der Waals surface area contributed by atoms with E-state index in [-0.39, 0.29) is 11.8 Å². The van der Waals surface area contributed by atoms with Crippen LogP contribution in [0.25, 0.3) is 11.3 Å². The molecule has 4 rings (SSSR count). The van der Waals surface area contributed by atoms with Crippen LogP contribution in [0.3, 0.4) is 0 Å². The fraction of sp³-hybridized carbons (Fsp3) is 0.360. The number of methoxy groups -OCH3 is 1. The van der Waals surface area contributed by atoms with E-state index in [0.717, 1.165) is 30.1 Å². The number of carbonyl (C=O) groups is 1. The number of hydrogen-bond donors (Lipinski definition) is 0. The van der Waals surface area contributed by atoms with Crippen molar-refractivity contribution in [2.45, 2.75) is 39.0 Å². The summed E-state index contributed by atoms with van der Waals surface area (Å²) in [6, 6.07) is 13.3. The summed E-state index contributed by atoms with van der Waals surface area (Å²) in [5.41, 5.74) is 3.39. The number of nitrogens with zero attached hydrogens (tertiary/aromatic N) is 5. The maximum Gasteiger partial charge on any atom is 0.296 e. The van der Waals surface area contributed by atoms with E-state index in [1.165, 1.54) is 18.7 Å².